The van der Waals surface area contributed by atoms with E-state index < -0.39 is 0 Å². The van der Waals surface area contributed by atoms with Gasteiger partial charge in [0.05, 0.1) is 45.2 Å². The Bertz CT molecular complexity index is 6490. The fraction of sp³-hybridized carbons (Fsp3) is 0.200. The SMILES string of the molecule is CC(C)(C)c1cc(-c2ccc3c(c2)C2c4ccc(-n5c6ccc(C(C)(C)C)cc6c6cc(C(C)(C)C)ccc65)cc4N(c4c(-c5ccccc5)cc5oc6ccccc6c5c4-c4ccccc4)c4cc(C(C)(C)C)cc(c42)N3c2c(-c3ccccc3)cc3oc4ccccc4c3c2-c2ccccc2)cc(C(C)(C)C)c1. The molecule has 540 valence electrons. The van der Waals surface area contributed by atoms with Crippen molar-refractivity contribution in [2.45, 2.75) is 137 Å². The first-order valence-corrected chi connectivity index (χ1v) is 39.2. The van der Waals surface area contributed by atoms with E-state index in [1.54, 1.807) is 0 Å². The molecule has 2 aliphatic heterocycles. The second-order valence-electron chi connectivity index (χ2n) is 36.1. The van der Waals surface area contributed by atoms with Crippen LogP contribution in [-0.4, -0.2) is 4.57 Å². The van der Waals surface area contributed by atoms with Gasteiger partial charge < -0.3 is 23.2 Å². The number of benzene rings is 14. The highest BCUT2D eigenvalue weighted by atomic mass is 16.3. The Balaban J connectivity index is 1.03. The summed E-state index contributed by atoms with van der Waals surface area (Å²) < 4.78 is 16.9. The fourth-order valence-electron chi connectivity index (χ4n) is 17.8. The van der Waals surface area contributed by atoms with Gasteiger partial charge in [0.15, 0.2) is 0 Å². The van der Waals surface area contributed by atoms with Crippen LogP contribution in [0, 0.1) is 0 Å². The van der Waals surface area contributed by atoms with Gasteiger partial charge in [0.1, 0.15) is 22.3 Å². The van der Waals surface area contributed by atoms with E-state index in [1.807, 2.05) is 0 Å². The molecule has 0 fully saturated rings. The van der Waals surface area contributed by atoms with Crippen molar-refractivity contribution in [3.63, 3.8) is 0 Å². The fourth-order valence-corrected chi connectivity index (χ4v) is 17.8. The monoisotopic (exact) mass is 1430 g/mol. The molecule has 0 saturated heterocycles. The number of hydrogen-bond donors (Lipinski definition) is 0. The first-order valence-electron chi connectivity index (χ1n) is 39.2. The van der Waals surface area contributed by atoms with E-state index in [0.29, 0.717) is 0 Å². The lowest BCUT2D eigenvalue weighted by atomic mass is 9.72. The molecule has 14 aromatic carbocycles. The van der Waals surface area contributed by atoms with Crippen LogP contribution in [-0.2, 0) is 27.1 Å². The minimum atomic E-state index is -0.376. The van der Waals surface area contributed by atoms with E-state index in [4.69, 9.17) is 8.83 Å². The number of para-hydroxylation sites is 2. The maximum absolute atomic E-state index is 7.21. The Labute approximate surface area is 646 Å². The van der Waals surface area contributed by atoms with Gasteiger partial charge in [-0.3, -0.25) is 0 Å². The number of aromatic nitrogens is 1. The molecule has 0 saturated carbocycles. The van der Waals surface area contributed by atoms with Crippen molar-refractivity contribution >= 4 is 99.8 Å². The molecule has 0 N–H and O–H groups in total. The molecule has 2 aliphatic rings. The smallest absolute Gasteiger partial charge is 0.136 e. The average molecular weight is 1430 g/mol. The first-order chi connectivity index (χ1) is 52.7. The quantitative estimate of drug-likeness (QED) is 0.152. The number of fused-ring (bicyclic) bond motifs is 13. The molecule has 19 rings (SSSR count). The number of hydrogen-bond acceptors (Lipinski definition) is 4. The van der Waals surface area contributed by atoms with Crippen molar-refractivity contribution in [2.75, 3.05) is 9.80 Å². The molecule has 0 amide bonds. The highest BCUT2D eigenvalue weighted by molar-refractivity contribution is 6.22. The van der Waals surface area contributed by atoms with Crippen molar-refractivity contribution in [3.05, 3.63) is 330 Å². The van der Waals surface area contributed by atoms with E-state index in [2.05, 4.69) is 403 Å². The highest BCUT2D eigenvalue weighted by Crippen LogP contribution is 2.66. The second kappa shape index (κ2) is 24.8. The maximum atomic E-state index is 7.21. The van der Waals surface area contributed by atoms with Crippen molar-refractivity contribution in [3.8, 4) is 61.3 Å². The standard InChI is InChI=1S/C105H93N3O2/c1-101(2,3)69-45-50-83-80(56-69)81-57-70(102(4,5)6)46-51-84(81)106(83)74-47-48-75-86(60-74)108(100-79(64-34-22-17-23-35-64)62-92-97(77-41-29-31-43-90(77)110-92)94(100)66-38-26-19-27-39-66)88-59-73(105(13,14)15)58-87-98(88)95(75)82-54-67(68-52-71(103(7,8)9)55-72(53-68)104(10,11)12)44-49-85(82)107(87)99-78(63-32-20-16-21-33-63)61-91-96(76-40-28-30-42-89(76)109-91)93(99)65-36-24-18-25-37-65/h16-62,95H,1-15H3. The molecular formula is C105H93N3O2. The number of nitrogens with zero attached hydrogens (tertiary/aromatic N) is 3. The Hall–Kier alpha value is -11.9. The molecule has 0 bridgehead atoms. The third-order valence-corrected chi connectivity index (χ3v) is 23.7. The predicted molar refractivity (Wildman–Crippen MR) is 466 cm³/mol. The second-order valence-corrected chi connectivity index (χ2v) is 36.1. The van der Waals surface area contributed by atoms with Crippen molar-refractivity contribution in [1.82, 2.24) is 4.57 Å². The predicted octanol–water partition coefficient (Wildman–Crippen LogP) is 30.2. The van der Waals surface area contributed by atoms with Gasteiger partial charge in [-0.2, -0.15) is 0 Å². The summed E-state index contributed by atoms with van der Waals surface area (Å²) >= 11 is 0. The first kappa shape index (κ1) is 68.6. The molecular weight excluding hydrogens is 1340 g/mol. The van der Waals surface area contributed by atoms with Gasteiger partial charge >= 0.3 is 0 Å². The molecule has 0 aliphatic carbocycles. The van der Waals surface area contributed by atoms with Gasteiger partial charge in [-0.05, 0) is 184 Å². The number of furan rings is 2. The zero-order valence-corrected chi connectivity index (χ0v) is 65.9. The summed E-state index contributed by atoms with van der Waals surface area (Å²) in [5.74, 6) is -0.312. The van der Waals surface area contributed by atoms with Crippen LogP contribution in [0.25, 0.3) is 127 Å². The van der Waals surface area contributed by atoms with Crippen LogP contribution in [0.5, 0.6) is 0 Å². The normalized spacial score (nSPS) is 14.0. The summed E-state index contributed by atoms with van der Waals surface area (Å²) in [4.78, 5) is 5.44. The van der Waals surface area contributed by atoms with Crippen molar-refractivity contribution < 1.29 is 8.83 Å². The third-order valence-electron chi connectivity index (χ3n) is 23.7. The minimum Gasteiger partial charge on any atom is -0.456 e. The van der Waals surface area contributed by atoms with E-state index in [1.165, 1.54) is 77.4 Å². The van der Waals surface area contributed by atoms with Crippen LogP contribution in [0.15, 0.2) is 294 Å². The summed E-state index contributed by atoms with van der Waals surface area (Å²) in [6.07, 6.45) is 0. The summed E-state index contributed by atoms with van der Waals surface area (Å²) in [5.41, 5.74) is 33.7. The number of rotatable bonds is 8. The lowest BCUT2D eigenvalue weighted by Crippen LogP contribution is -2.31. The van der Waals surface area contributed by atoms with Gasteiger partial charge in [-0.15, -0.1) is 0 Å². The summed E-state index contributed by atoms with van der Waals surface area (Å²) in [6, 6.07) is 108. The van der Waals surface area contributed by atoms with Crippen LogP contribution in [0.4, 0.5) is 34.1 Å². The molecule has 3 aromatic heterocycles. The van der Waals surface area contributed by atoms with E-state index in [9.17, 15) is 0 Å². The Morgan fingerprint density at radius 3 is 1.12 bits per heavy atom. The molecule has 17 aromatic rings. The summed E-state index contributed by atoms with van der Waals surface area (Å²) in [5, 5.41) is 6.77. The molecule has 1 atom stereocenters. The van der Waals surface area contributed by atoms with Crippen LogP contribution in [0.2, 0.25) is 0 Å². The zero-order valence-electron chi connectivity index (χ0n) is 65.9. The van der Waals surface area contributed by atoms with Crippen LogP contribution < -0.4 is 9.80 Å². The molecule has 5 nitrogen and oxygen atoms in total. The average Bonchev–Trinajstić information content (AvgIpc) is 0.889. The Kier molecular flexibility index (Phi) is 15.5. The highest BCUT2D eigenvalue weighted by Gasteiger charge is 2.46. The molecule has 1 unspecified atom stereocenters. The van der Waals surface area contributed by atoms with Gasteiger partial charge in [0.2, 0.25) is 0 Å². The molecule has 5 heterocycles. The molecule has 5 heteroatoms. The van der Waals surface area contributed by atoms with Gasteiger partial charge in [0, 0.05) is 71.7 Å². The molecule has 0 radical (unpaired) electrons. The van der Waals surface area contributed by atoms with Gasteiger partial charge in [0.25, 0.3) is 0 Å². The maximum Gasteiger partial charge on any atom is 0.136 e. The lowest BCUT2D eigenvalue weighted by Gasteiger charge is -2.47. The Morgan fingerprint density at radius 2 is 0.673 bits per heavy atom. The summed E-state index contributed by atoms with van der Waals surface area (Å²) in [6.45, 7) is 35.3. The van der Waals surface area contributed by atoms with Gasteiger partial charge in [-0.25, -0.2) is 0 Å². The van der Waals surface area contributed by atoms with Gasteiger partial charge in [-0.1, -0.05) is 304 Å². The van der Waals surface area contributed by atoms with E-state index in [0.717, 1.165) is 128 Å². The largest absolute Gasteiger partial charge is 0.456 e. The molecule has 110 heavy (non-hydrogen) atoms. The van der Waals surface area contributed by atoms with Crippen LogP contribution in [0.1, 0.15) is 154 Å². The van der Waals surface area contributed by atoms with Crippen molar-refractivity contribution in [2.24, 2.45) is 0 Å². The minimum absolute atomic E-state index is 0.0777. The van der Waals surface area contributed by atoms with Crippen LogP contribution >= 0.6 is 0 Å². The molecule has 0 spiro atoms. The summed E-state index contributed by atoms with van der Waals surface area (Å²) in [7, 11) is 0. The van der Waals surface area contributed by atoms with Crippen molar-refractivity contribution in [1.29, 1.82) is 0 Å². The van der Waals surface area contributed by atoms with E-state index >= 15 is 0 Å². The lowest BCUT2D eigenvalue weighted by molar-refractivity contribution is 0.569. The zero-order chi connectivity index (χ0) is 75.8. The third kappa shape index (κ3) is 11.1. The van der Waals surface area contributed by atoms with E-state index in [-0.39, 0.29) is 33.0 Å². The number of anilines is 6. The van der Waals surface area contributed by atoms with Crippen LogP contribution in [0.3, 0.4) is 0 Å². The Morgan fingerprint density at radius 1 is 0.264 bits per heavy atom. The topological polar surface area (TPSA) is 37.7 Å².